The van der Waals surface area contributed by atoms with Crippen LogP contribution in [0.4, 0.5) is 0 Å². The highest BCUT2D eigenvalue weighted by Crippen LogP contribution is 2.50. The fourth-order valence-corrected chi connectivity index (χ4v) is 4.47. The summed E-state index contributed by atoms with van der Waals surface area (Å²) in [6, 6.07) is 7.50. The van der Waals surface area contributed by atoms with Crippen molar-refractivity contribution in [2.24, 2.45) is 0 Å². The molecule has 1 aliphatic heterocycles. The number of benzene rings is 1. The third kappa shape index (κ3) is 3.12. The zero-order chi connectivity index (χ0) is 16.7. The molecule has 2 aliphatic rings. The molecule has 126 valence electrons. The molecule has 0 atom stereocenters. The summed E-state index contributed by atoms with van der Waals surface area (Å²) in [5.41, 5.74) is 0.523. The van der Waals surface area contributed by atoms with Crippen molar-refractivity contribution in [3.63, 3.8) is 0 Å². The van der Waals surface area contributed by atoms with Gasteiger partial charge in [0.05, 0.1) is 11.2 Å². The van der Waals surface area contributed by atoms with Crippen LogP contribution in [-0.2, 0) is 20.2 Å². The molecule has 1 aromatic carbocycles. The van der Waals surface area contributed by atoms with Crippen molar-refractivity contribution in [2.75, 3.05) is 31.9 Å². The Bertz CT molecular complexity index is 708. The molecule has 1 heterocycles. The molecular weight excluding hydrogens is 336 g/mol. The SMILES string of the molecule is CCS(=O)(=O)N1CCN(C(=O)C2(c3cccc(Cl)c3)CC2)CC1. The summed E-state index contributed by atoms with van der Waals surface area (Å²) in [4.78, 5) is 14.7. The van der Waals surface area contributed by atoms with E-state index in [4.69, 9.17) is 11.6 Å². The quantitative estimate of drug-likeness (QED) is 0.827. The molecule has 1 aromatic rings. The van der Waals surface area contributed by atoms with Gasteiger partial charge in [-0.25, -0.2) is 8.42 Å². The number of rotatable bonds is 4. The molecule has 5 nitrogen and oxygen atoms in total. The lowest BCUT2D eigenvalue weighted by Crippen LogP contribution is -2.53. The molecule has 1 saturated carbocycles. The van der Waals surface area contributed by atoms with Crippen molar-refractivity contribution in [1.82, 2.24) is 9.21 Å². The van der Waals surface area contributed by atoms with Gasteiger partial charge in [-0.05, 0) is 37.5 Å². The summed E-state index contributed by atoms with van der Waals surface area (Å²) in [6.07, 6.45) is 1.67. The van der Waals surface area contributed by atoms with E-state index in [0.717, 1.165) is 18.4 Å². The summed E-state index contributed by atoms with van der Waals surface area (Å²) < 4.78 is 25.3. The average molecular weight is 357 g/mol. The highest BCUT2D eigenvalue weighted by molar-refractivity contribution is 7.89. The largest absolute Gasteiger partial charge is 0.339 e. The molecule has 0 spiro atoms. The maximum atomic E-state index is 12.9. The molecule has 0 unspecified atom stereocenters. The summed E-state index contributed by atoms with van der Waals surface area (Å²) >= 11 is 6.06. The lowest BCUT2D eigenvalue weighted by molar-refractivity contribution is -0.135. The van der Waals surface area contributed by atoms with Crippen molar-refractivity contribution >= 4 is 27.5 Å². The second kappa shape index (κ2) is 6.07. The molecule has 0 N–H and O–H groups in total. The number of sulfonamides is 1. The number of hydrogen-bond donors (Lipinski definition) is 0. The Labute approximate surface area is 142 Å². The van der Waals surface area contributed by atoms with Gasteiger partial charge in [-0.1, -0.05) is 23.7 Å². The van der Waals surface area contributed by atoms with Crippen molar-refractivity contribution in [3.8, 4) is 0 Å². The molecule has 3 rings (SSSR count). The lowest BCUT2D eigenvalue weighted by Gasteiger charge is -2.36. The average Bonchev–Trinajstić information content (AvgIpc) is 3.36. The van der Waals surface area contributed by atoms with Crippen LogP contribution >= 0.6 is 11.6 Å². The monoisotopic (exact) mass is 356 g/mol. The summed E-state index contributed by atoms with van der Waals surface area (Å²) in [5.74, 6) is 0.209. The lowest BCUT2D eigenvalue weighted by atomic mass is 9.94. The molecule has 1 saturated heterocycles. The van der Waals surface area contributed by atoms with Gasteiger partial charge >= 0.3 is 0 Å². The van der Waals surface area contributed by atoms with Gasteiger partial charge in [-0.3, -0.25) is 4.79 Å². The van der Waals surface area contributed by atoms with Crippen molar-refractivity contribution < 1.29 is 13.2 Å². The van der Waals surface area contributed by atoms with Gasteiger partial charge < -0.3 is 4.90 Å². The first-order chi connectivity index (χ1) is 10.9. The fraction of sp³-hybridized carbons (Fsp3) is 0.562. The Balaban J connectivity index is 1.71. The van der Waals surface area contributed by atoms with E-state index in [1.54, 1.807) is 17.9 Å². The van der Waals surface area contributed by atoms with Gasteiger partial charge in [0, 0.05) is 31.2 Å². The minimum atomic E-state index is -3.17. The highest BCUT2D eigenvalue weighted by atomic mass is 35.5. The topological polar surface area (TPSA) is 57.7 Å². The van der Waals surface area contributed by atoms with E-state index >= 15 is 0 Å². The Morgan fingerprint density at radius 3 is 2.39 bits per heavy atom. The van der Waals surface area contributed by atoms with Crippen LogP contribution in [0.5, 0.6) is 0 Å². The van der Waals surface area contributed by atoms with Crippen LogP contribution < -0.4 is 0 Å². The Hall–Kier alpha value is -1.11. The fourth-order valence-electron chi connectivity index (χ4n) is 3.19. The molecular formula is C16H21ClN2O3S. The number of carbonyl (C=O) groups is 1. The van der Waals surface area contributed by atoms with Gasteiger partial charge in [0.15, 0.2) is 0 Å². The molecule has 0 aromatic heterocycles. The summed E-state index contributed by atoms with van der Waals surface area (Å²) in [5, 5.41) is 0.639. The van der Waals surface area contributed by atoms with Crippen LogP contribution in [0.3, 0.4) is 0 Å². The smallest absolute Gasteiger partial charge is 0.233 e. The van der Waals surface area contributed by atoms with Gasteiger partial charge in [0.25, 0.3) is 0 Å². The maximum absolute atomic E-state index is 12.9. The van der Waals surface area contributed by atoms with Crippen LogP contribution in [0.15, 0.2) is 24.3 Å². The van der Waals surface area contributed by atoms with E-state index < -0.39 is 15.4 Å². The Kier molecular flexibility index (Phi) is 4.42. The van der Waals surface area contributed by atoms with E-state index in [2.05, 4.69) is 0 Å². The molecule has 1 amide bonds. The van der Waals surface area contributed by atoms with Crippen LogP contribution in [0.1, 0.15) is 25.3 Å². The number of carbonyl (C=O) groups excluding carboxylic acids is 1. The first-order valence-electron chi connectivity index (χ1n) is 7.92. The van der Waals surface area contributed by atoms with Crippen LogP contribution in [0.2, 0.25) is 5.02 Å². The Morgan fingerprint density at radius 2 is 1.87 bits per heavy atom. The third-order valence-electron chi connectivity index (χ3n) is 4.82. The van der Waals surface area contributed by atoms with Gasteiger partial charge in [-0.2, -0.15) is 4.31 Å². The number of nitrogens with zero attached hydrogens (tertiary/aromatic N) is 2. The van der Waals surface area contributed by atoms with Crippen molar-refractivity contribution in [2.45, 2.75) is 25.2 Å². The third-order valence-corrected chi connectivity index (χ3v) is 6.94. The molecule has 2 fully saturated rings. The number of hydrogen-bond acceptors (Lipinski definition) is 3. The van der Waals surface area contributed by atoms with Gasteiger partial charge in [0.1, 0.15) is 0 Å². The first kappa shape index (κ1) is 16.7. The minimum absolute atomic E-state index is 0.105. The minimum Gasteiger partial charge on any atom is -0.339 e. The van der Waals surface area contributed by atoms with E-state index in [9.17, 15) is 13.2 Å². The second-order valence-corrected chi connectivity index (χ2v) is 8.88. The van der Waals surface area contributed by atoms with Crippen LogP contribution in [-0.4, -0.2) is 55.5 Å². The number of piperazine rings is 1. The second-order valence-electron chi connectivity index (χ2n) is 6.18. The Morgan fingerprint density at radius 1 is 1.22 bits per heavy atom. The molecule has 23 heavy (non-hydrogen) atoms. The molecule has 1 aliphatic carbocycles. The zero-order valence-electron chi connectivity index (χ0n) is 13.2. The van der Waals surface area contributed by atoms with E-state index in [1.807, 2.05) is 18.2 Å². The zero-order valence-corrected chi connectivity index (χ0v) is 14.7. The van der Waals surface area contributed by atoms with E-state index in [1.165, 1.54) is 4.31 Å². The predicted molar refractivity (Wildman–Crippen MR) is 90.0 cm³/mol. The van der Waals surface area contributed by atoms with E-state index in [0.29, 0.717) is 31.2 Å². The van der Waals surface area contributed by atoms with Crippen molar-refractivity contribution in [3.05, 3.63) is 34.9 Å². The summed E-state index contributed by atoms with van der Waals surface area (Å²) in [7, 11) is -3.17. The molecule has 0 bridgehead atoms. The number of halogens is 1. The first-order valence-corrected chi connectivity index (χ1v) is 9.91. The van der Waals surface area contributed by atoms with Gasteiger partial charge in [-0.15, -0.1) is 0 Å². The highest BCUT2D eigenvalue weighted by Gasteiger charge is 2.53. The molecule has 0 radical (unpaired) electrons. The summed E-state index contributed by atoms with van der Waals surface area (Å²) in [6.45, 7) is 3.33. The predicted octanol–water partition coefficient (Wildman–Crippen LogP) is 1.87. The van der Waals surface area contributed by atoms with Gasteiger partial charge in [0.2, 0.25) is 15.9 Å². The standard InChI is InChI=1S/C16H21ClN2O3S/c1-2-23(21,22)19-10-8-18(9-11-19)15(20)16(6-7-16)13-4-3-5-14(17)12-13/h3-5,12H,2,6-11H2,1H3. The normalized spacial score (nSPS) is 21.2. The molecule has 7 heteroatoms. The van der Waals surface area contributed by atoms with Crippen molar-refractivity contribution in [1.29, 1.82) is 0 Å². The van der Waals surface area contributed by atoms with Crippen LogP contribution in [0, 0.1) is 0 Å². The van der Waals surface area contributed by atoms with E-state index in [-0.39, 0.29) is 11.7 Å². The van der Waals surface area contributed by atoms with Crippen LogP contribution in [0.25, 0.3) is 0 Å². The number of amides is 1. The maximum Gasteiger partial charge on any atom is 0.233 e.